The molecule has 4 rings (SSSR count). The molecule has 1 aromatic carbocycles. The average molecular weight is 349 g/mol. The summed E-state index contributed by atoms with van der Waals surface area (Å²) in [6.45, 7) is 2.71. The number of aryl methyl sites for hydroxylation is 1. The van der Waals surface area contributed by atoms with Crippen molar-refractivity contribution in [2.45, 2.75) is 25.8 Å². The SMILES string of the molecule is Cc1nc(-c2ccccn2)sc1C(=O)N1CCC[C@@H]1c1ccccc1. The predicted molar refractivity (Wildman–Crippen MR) is 99.5 cm³/mol. The summed E-state index contributed by atoms with van der Waals surface area (Å²) in [5.74, 6) is 0.0866. The van der Waals surface area contributed by atoms with Crippen LogP contribution in [0.3, 0.4) is 0 Å². The van der Waals surface area contributed by atoms with Gasteiger partial charge in [0.15, 0.2) is 0 Å². The van der Waals surface area contributed by atoms with E-state index in [2.05, 4.69) is 22.1 Å². The van der Waals surface area contributed by atoms with Gasteiger partial charge in [-0.15, -0.1) is 11.3 Å². The number of thiazole rings is 1. The third kappa shape index (κ3) is 3.07. The lowest BCUT2D eigenvalue weighted by molar-refractivity contribution is 0.0739. The summed E-state index contributed by atoms with van der Waals surface area (Å²) in [6.07, 6.45) is 3.80. The molecular weight excluding hydrogens is 330 g/mol. The van der Waals surface area contributed by atoms with Crippen LogP contribution < -0.4 is 0 Å². The first-order valence-corrected chi connectivity index (χ1v) is 9.30. The minimum absolute atomic E-state index is 0.0866. The van der Waals surface area contributed by atoms with Gasteiger partial charge in [0.2, 0.25) is 0 Å². The van der Waals surface area contributed by atoms with E-state index in [1.165, 1.54) is 16.9 Å². The molecule has 1 fully saturated rings. The fourth-order valence-corrected chi connectivity index (χ4v) is 4.35. The number of benzene rings is 1. The first-order valence-electron chi connectivity index (χ1n) is 8.49. The van der Waals surface area contributed by atoms with E-state index in [-0.39, 0.29) is 11.9 Å². The Morgan fingerprint density at radius 2 is 1.96 bits per heavy atom. The molecule has 126 valence electrons. The number of hydrogen-bond donors (Lipinski definition) is 0. The fourth-order valence-electron chi connectivity index (χ4n) is 3.36. The third-order valence-corrected chi connectivity index (χ3v) is 5.74. The van der Waals surface area contributed by atoms with Crippen LogP contribution in [0, 0.1) is 6.92 Å². The summed E-state index contributed by atoms with van der Waals surface area (Å²) in [4.78, 5) is 24.8. The number of nitrogens with zero attached hydrogens (tertiary/aromatic N) is 3. The molecule has 0 bridgehead atoms. The fraction of sp³-hybridized carbons (Fsp3) is 0.250. The minimum Gasteiger partial charge on any atom is -0.331 e. The largest absolute Gasteiger partial charge is 0.331 e. The van der Waals surface area contributed by atoms with Gasteiger partial charge in [0.05, 0.1) is 17.4 Å². The molecule has 1 aliphatic heterocycles. The van der Waals surface area contributed by atoms with Gasteiger partial charge < -0.3 is 4.90 Å². The molecule has 3 aromatic rings. The van der Waals surface area contributed by atoms with Crippen LogP contribution in [0.15, 0.2) is 54.7 Å². The van der Waals surface area contributed by atoms with Crippen molar-refractivity contribution >= 4 is 17.2 Å². The van der Waals surface area contributed by atoms with Crippen molar-refractivity contribution < 1.29 is 4.79 Å². The monoisotopic (exact) mass is 349 g/mol. The summed E-state index contributed by atoms with van der Waals surface area (Å²) < 4.78 is 0. The number of pyridine rings is 1. The lowest BCUT2D eigenvalue weighted by Gasteiger charge is -2.24. The molecule has 0 N–H and O–H groups in total. The molecule has 4 nitrogen and oxygen atoms in total. The van der Waals surface area contributed by atoms with Gasteiger partial charge in [-0.1, -0.05) is 36.4 Å². The Hall–Kier alpha value is -2.53. The van der Waals surface area contributed by atoms with E-state index < -0.39 is 0 Å². The highest BCUT2D eigenvalue weighted by Crippen LogP contribution is 2.35. The van der Waals surface area contributed by atoms with E-state index in [9.17, 15) is 4.79 Å². The average Bonchev–Trinajstić information content (AvgIpc) is 3.30. The zero-order chi connectivity index (χ0) is 17.2. The van der Waals surface area contributed by atoms with E-state index in [1.54, 1.807) is 6.20 Å². The van der Waals surface area contributed by atoms with Crippen molar-refractivity contribution in [3.05, 3.63) is 70.9 Å². The molecule has 0 unspecified atom stereocenters. The molecule has 0 spiro atoms. The molecule has 1 saturated heterocycles. The van der Waals surface area contributed by atoms with Crippen LogP contribution in [-0.2, 0) is 0 Å². The first kappa shape index (κ1) is 16.0. The molecular formula is C20H19N3OS. The van der Waals surface area contributed by atoms with E-state index >= 15 is 0 Å². The van der Waals surface area contributed by atoms with Crippen molar-refractivity contribution in [2.24, 2.45) is 0 Å². The summed E-state index contributed by atoms with van der Waals surface area (Å²) in [6, 6.07) is 16.2. The van der Waals surface area contributed by atoms with Crippen molar-refractivity contribution in [1.82, 2.24) is 14.9 Å². The van der Waals surface area contributed by atoms with Gasteiger partial charge in [0.25, 0.3) is 5.91 Å². The normalized spacial score (nSPS) is 17.0. The quantitative estimate of drug-likeness (QED) is 0.700. The molecule has 2 aromatic heterocycles. The summed E-state index contributed by atoms with van der Waals surface area (Å²) in [5.41, 5.74) is 2.81. The molecule has 5 heteroatoms. The van der Waals surface area contributed by atoms with Crippen LogP contribution in [-0.4, -0.2) is 27.3 Å². The number of likely N-dealkylation sites (tertiary alicyclic amines) is 1. The van der Waals surface area contributed by atoms with E-state index in [1.807, 2.05) is 48.2 Å². The minimum atomic E-state index is 0.0866. The number of rotatable bonds is 3. The Bertz CT molecular complexity index is 876. The summed E-state index contributed by atoms with van der Waals surface area (Å²) >= 11 is 1.44. The Morgan fingerprint density at radius 1 is 1.16 bits per heavy atom. The van der Waals surface area contributed by atoms with Crippen molar-refractivity contribution in [2.75, 3.05) is 6.54 Å². The maximum atomic E-state index is 13.2. The molecule has 3 heterocycles. The van der Waals surface area contributed by atoms with Gasteiger partial charge in [0.1, 0.15) is 9.88 Å². The standard InChI is InChI=1S/C20H19N3OS/c1-14-18(25-19(22-14)16-10-5-6-12-21-16)20(24)23-13-7-11-17(23)15-8-3-2-4-9-15/h2-6,8-10,12,17H,7,11,13H2,1H3/t17-/m1/s1. The second-order valence-electron chi connectivity index (χ2n) is 6.22. The van der Waals surface area contributed by atoms with Gasteiger partial charge in [-0.25, -0.2) is 4.98 Å². The molecule has 0 radical (unpaired) electrons. The molecule has 25 heavy (non-hydrogen) atoms. The first-order chi connectivity index (χ1) is 12.2. The Morgan fingerprint density at radius 3 is 2.72 bits per heavy atom. The number of aromatic nitrogens is 2. The Labute approximate surface area is 151 Å². The van der Waals surface area contributed by atoms with Gasteiger partial charge in [-0.2, -0.15) is 0 Å². The molecule has 0 saturated carbocycles. The number of carbonyl (C=O) groups excluding carboxylic acids is 1. The van der Waals surface area contributed by atoms with E-state index in [0.29, 0.717) is 0 Å². The van der Waals surface area contributed by atoms with Crippen molar-refractivity contribution in [3.8, 4) is 10.7 Å². The molecule has 1 atom stereocenters. The zero-order valence-corrected chi connectivity index (χ0v) is 14.9. The van der Waals surface area contributed by atoms with Crippen LogP contribution in [0.1, 0.15) is 39.8 Å². The topological polar surface area (TPSA) is 46.1 Å². The van der Waals surface area contributed by atoms with E-state index in [0.717, 1.165) is 40.7 Å². The third-order valence-electron chi connectivity index (χ3n) is 4.57. The Kier molecular flexibility index (Phi) is 4.32. The van der Waals surface area contributed by atoms with Crippen LogP contribution >= 0.6 is 11.3 Å². The molecule has 1 aliphatic rings. The van der Waals surface area contributed by atoms with E-state index in [4.69, 9.17) is 0 Å². The van der Waals surface area contributed by atoms with Crippen LogP contribution in [0.5, 0.6) is 0 Å². The van der Waals surface area contributed by atoms with Crippen LogP contribution in [0.25, 0.3) is 10.7 Å². The van der Waals surface area contributed by atoms with Crippen molar-refractivity contribution in [3.63, 3.8) is 0 Å². The lowest BCUT2D eigenvalue weighted by Crippen LogP contribution is -2.30. The highest BCUT2D eigenvalue weighted by Gasteiger charge is 2.32. The summed E-state index contributed by atoms with van der Waals surface area (Å²) in [7, 11) is 0. The lowest BCUT2D eigenvalue weighted by atomic mass is 10.0. The van der Waals surface area contributed by atoms with Crippen molar-refractivity contribution in [1.29, 1.82) is 0 Å². The maximum absolute atomic E-state index is 13.2. The number of carbonyl (C=O) groups is 1. The van der Waals surface area contributed by atoms with Gasteiger partial charge >= 0.3 is 0 Å². The zero-order valence-electron chi connectivity index (χ0n) is 14.1. The van der Waals surface area contributed by atoms with Gasteiger partial charge in [-0.3, -0.25) is 9.78 Å². The highest BCUT2D eigenvalue weighted by atomic mass is 32.1. The predicted octanol–water partition coefficient (Wildman–Crippen LogP) is 4.49. The second kappa shape index (κ2) is 6.76. The second-order valence-corrected chi connectivity index (χ2v) is 7.21. The molecule has 0 aliphatic carbocycles. The van der Waals surface area contributed by atoms with Crippen LogP contribution in [0.4, 0.5) is 0 Å². The highest BCUT2D eigenvalue weighted by molar-refractivity contribution is 7.17. The smallest absolute Gasteiger partial charge is 0.266 e. The summed E-state index contributed by atoms with van der Waals surface area (Å²) in [5, 5.41) is 0.803. The number of amides is 1. The van der Waals surface area contributed by atoms with Crippen LogP contribution in [0.2, 0.25) is 0 Å². The van der Waals surface area contributed by atoms with Gasteiger partial charge in [-0.05, 0) is 37.5 Å². The Balaban J connectivity index is 1.64. The van der Waals surface area contributed by atoms with Gasteiger partial charge in [0, 0.05) is 12.7 Å². The maximum Gasteiger partial charge on any atom is 0.266 e. The molecule has 1 amide bonds. The number of hydrogen-bond acceptors (Lipinski definition) is 4.